The van der Waals surface area contributed by atoms with Crippen LogP contribution in [-0.2, 0) is 0 Å². The Morgan fingerprint density at radius 2 is 0.846 bits per heavy atom. The first kappa shape index (κ1) is 17.2. The van der Waals surface area contributed by atoms with Crippen LogP contribution in [0, 0.1) is 0 Å². The highest BCUT2D eigenvalue weighted by Gasteiger charge is 1.93. The van der Waals surface area contributed by atoms with Crippen LogP contribution in [0.3, 0.4) is 0 Å². The first-order valence-corrected chi connectivity index (χ1v) is 2.71. The summed E-state index contributed by atoms with van der Waals surface area (Å²) in [4.78, 5) is 10.5. The number of nitrogens with two attached hydrogens (primary N) is 3. The Kier molecular flexibility index (Phi) is 10.8. The fourth-order valence-corrected chi connectivity index (χ4v) is 0.427. The highest BCUT2D eigenvalue weighted by molar-refractivity contribution is 5.33. The van der Waals surface area contributed by atoms with Gasteiger partial charge in [0.25, 0.3) is 0 Å². The number of anilines is 3. The highest BCUT2D eigenvalue weighted by atomic mass is 15.2. The molecule has 1 heterocycles. The maximum Gasteiger partial charge on any atom is 0.226 e. The second-order valence-electron chi connectivity index (χ2n) is 1.41. The van der Waals surface area contributed by atoms with Gasteiger partial charge < -0.3 is 29.5 Å². The van der Waals surface area contributed by atoms with Gasteiger partial charge in [0, 0.05) is 0 Å². The molecule has 0 saturated carbocycles. The molecule has 0 amide bonds. The number of rotatable bonds is 0. The summed E-state index contributed by atoms with van der Waals surface area (Å²) >= 11 is 0. The summed E-state index contributed by atoms with van der Waals surface area (Å²) in [5.74, 6) is 0.125. The molecule has 0 aliphatic rings. The van der Waals surface area contributed by atoms with Gasteiger partial charge in [-0.25, -0.2) is 0 Å². The smallest absolute Gasteiger partial charge is 0.226 e. The van der Waals surface area contributed by atoms with Gasteiger partial charge in [-0.05, 0) is 0 Å². The average Bonchev–Trinajstić information content (AvgIpc) is 1.88. The van der Waals surface area contributed by atoms with Crippen molar-refractivity contribution in [1.29, 1.82) is 0 Å². The molecule has 0 aliphatic heterocycles. The Labute approximate surface area is 76.4 Å². The molecule has 0 unspecified atom stereocenters. The number of aromatic nitrogens is 3. The van der Waals surface area contributed by atoms with E-state index in [4.69, 9.17) is 17.2 Å². The second kappa shape index (κ2) is 8.17. The zero-order valence-electron chi connectivity index (χ0n) is 7.40. The van der Waals surface area contributed by atoms with Crippen LogP contribution in [-0.4, -0.2) is 15.0 Å². The minimum Gasteiger partial charge on any atom is -0.368 e. The predicted molar refractivity (Wildman–Crippen MR) is 54.4 cm³/mol. The number of nitrogen functional groups attached to an aromatic ring is 3. The number of hydrogen-bond donors (Lipinski definition) is 5. The van der Waals surface area contributed by atoms with E-state index in [9.17, 15) is 0 Å². The van der Waals surface area contributed by atoms with Gasteiger partial charge in [0.05, 0.1) is 0 Å². The topological polar surface area (TPSA) is 187 Å². The molecule has 8 nitrogen and oxygen atoms in total. The summed E-state index contributed by atoms with van der Waals surface area (Å²) in [6.07, 6.45) is 0. The molecule has 0 aromatic carbocycles. The normalized spacial score (nSPS) is 6.77. The standard InChI is InChI=1S/C3H6N6.C2H4.2H3N/c4-1-7-2(5)9-3(6)8-1;1-2;;/h(H6,4,5,6,7,8,9);1-2H2;2*1H3. The van der Waals surface area contributed by atoms with E-state index in [2.05, 4.69) is 28.1 Å². The van der Waals surface area contributed by atoms with Crippen molar-refractivity contribution in [2.45, 2.75) is 0 Å². The van der Waals surface area contributed by atoms with Crippen LogP contribution in [0.1, 0.15) is 0 Å². The molecule has 0 fully saturated rings. The molecular formula is C5H16N8. The van der Waals surface area contributed by atoms with E-state index in [1.165, 1.54) is 0 Å². The monoisotopic (exact) mass is 188 g/mol. The van der Waals surface area contributed by atoms with Crippen molar-refractivity contribution in [2.75, 3.05) is 17.2 Å². The second-order valence-corrected chi connectivity index (χ2v) is 1.41. The summed E-state index contributed by atoms with van der Waals surface area (Å²) in [6, 6.07) is 0. The van der Waals surface area contributed by atoms with Crippen molar-refractivity contribution in [3.05, 3.63) is 13.2 Å². The van der Waals surface area contributed by atoms with Gasteiger partial charge in [0.1, 0.15) is 0 Å². The lowest BCUT2D eigenvalue weighted by Crippen LogP contribution is -2.05. The largest absolute Gasteiger partial charge is 0.368 e. The molecule has 1 aromatic rings. The Morgan fingerprint density at radius 1 is 0.692 bits per heavy atom. The molecule has 0 bridgehead atoms. The SMILES string of the molecule is C=C.N.N.Nc1nc(N)nc(N)n1. The van der Waals surface area contributed by atoms with Crippen molar-refractivity contribution in [2.24, 2.45) is 0 Å². The van der Waals surface area contributed by atoms with Crippen molar-refractivity contribution in [3.63, 3.8) is 0 Å². The molecule has 0 atom stereocenters. The molecule has 1 rings (SSSR count). The fourth-order valence-electron chi connectivity index (χ4n) is 0.427. The van der Waals surface area contributed by atoms with Gasteiger partial charge in [-0.1, -0.05) is 0 Å². The van der Waals surface area contributed by atoms with Crippen molar-refractivity contribution < 1.29 is 0 Å². The van der Waals surface area contributed by atoms with E-state index in [1.807, 2.05) is 0 Å². The summed E-state index contributed by atoms with van der Waals surface area (Å²) in [6.45, 7) is 6.00. The number of hydrogen-bond acceptors (Lipinski definition) is 8. The molecule has 76 valence electrons. The first-order chi connectivity index (χ1) is 5.18. The van der Waals surface area contributed by atoms with Gasteiger partial charge in [0.2, 0.25) is 17.8 Å². The van der Waals surface area contributed by atoms with E-state index in [-0.39, 0.29) is 30.1 Å². The molecule has 8 heteroatoms. The minimum absolute atomic E-state index is 0. The highest BCUT2D eigenvalue weighted by Crippen LogP contribution is 1.97. The van der Waals surface area contributed by atoms with Crippen molar-refractivity contribution >= 4 is 17.8 Å². The summed E-state index contributed by atoms with van der Waals surface area (Å²) < 4.78 is 0. The maximum atomic E-state index is 5.14. The Hall–Kier alpha value is -1.93. The summed E-state index contributed by atoms with van der Waals surface area (Å²) in [5.41, 5.74) is 15.4. The summed E-state index contributed by atoms with van der Waals surface area (Å²) in [5, 5.41) is 0. The quantitative estimate of drug-likeness (QED) is 0.344. The molecule has 0 aliphatic carbocycles. The third kappa shape index (κ3) is 6.47. The molecule has 0 saturated heterocycles. The zero-order valence-corrected chi connectivity index (χ0v) is 7.40. The molecule has 0 spiro atoms. The Morgan fingerprint density at radius 3 is 1.00 bits per heavy atom. The van der Waals surface area contributed by atoms with Crippen LogP contribution in [0.4, 0.5) is 17.8 Å². The summed E-state index contributed by atoms with van der Waals surface area (Å²) in [7, 11) is 0. The van der Waals surface area contributed by atoms with Gasteiger partial charge in [-0.2, -0.15) is 15.0 Å². The third-order valence-electron chi connectivity index (χ3n) is 0.687. The van der Waals surface area contributed by atoms with Crippen LogP contribution >= 0.6 is 0 Å². The molecular weight excluding hydrogens is 172 g/mol. The first-order valence-electron chi connectivity index (χ1n) is 2.71. The molecule has 0 radical (unpaired) electrons. The van der Waals surface area contributed by atoms with Gasteiger partial charge >= 0.3 is 0 Å². The zero-order chi connectivity index (χ0) is 8.85. The minimum atomic E-state index is 0. The third-order valence-corrected chi connectivity index (χ3v) is 0.687. The maximum absolute atomic E-state index is 5.14. The average molecular weight is 188 g/mol. The van der Waals surface area contributed by atoms with Gasteiger partial charge in [0.15, 0.2) is 0 Å². The lowest BCUT2D eigenvalue weighted by molar-refractivity contribution is 1.09. The van der Waals surface area contributed by atoms with E-state index < -0.39 is 0 Å². The van der Waals surface area contributed by atoms with Crippen LogP contribution in [0.15, 0.2) is 13.2 Å². The van der Waals surface area contributed by atoms with Crippen molar-refractivity contribution in [3.8, 4) is 0 Å². The van der Waals surface area contributed by atoms with Gasteiger partial charge in [-0.3, -0.25) is 0 Å². The van der Waals surface area contributed by atoms with Crippen LogP contribution in [0.25, 0.3) is 0 Å². The van der Waals surface area contributed by atoms with Crippen LogP contribution in [0.2, 0.25) is 0 Å². The van der Waals surface area contributed by atoms with E-state index in [1.54, 1.807) is 0 Å². The van der Waals surface area contributed by atoms with Crippen molar-refractivity contribution in [1.82, 2.24) is 27.3 Å². The van der Waals surface area contributed by atoms with E-state index in [0.717, 1.165) is 0 Å². The van der Waals surface area contributed by atoms with Crippen LogP contribution in [0.5, 0.6) is 0 Å². The van der Waals surface area contributed by atoms with Crippen LogP contribution < -0.4 is 29.5 Å². The van der Waals surface area contributed by atoms with Gasteiger partial charge in [-0.15, -0.1) is 13.2 Å². The Balaban J connectivity index is -0.000000234. The predicted octanol–water partition coefficient (Wildman–Crippen LogP) is -0.256. The molecule has 1 aromatic heterocycles. The number of nitrogens with zero attached hydrogens (tertiary/aromatic N) is 3. The molecule has 13 heavy (non-hydrogen) atoms. The van der Waals surface area contributed by atoms with E-state index in [0.29, 0.717) is 0 Å². The van der Waals surface area contributed by atoms with E-state index >= 15 is 0 Å². The lowest BCUT2D eigenvalue weighted by Gasteiger charge is -1.93. The Bertz CT molecular complexity index is 185. The lowest BCUT2D eigenvalue weighted by atomic mass is 10.9. The molecule has 12 N–H and O–H groups in total. The fraction of sp³-hybridized carbons (Fsp3) is 0.